The number of nitrogens with zero attached hydrogens (tertiary/aromatic N) is 1. The van der Waals surface area contributed by atoms with Crippen LogP contribution in [-0.2, 0) is 4.79 Å². The lowest BCUT2D eigenvalue weighted by molar-refractivity contribution is -0.139. The number of amides is 1. The number of hydrogen-bond donors (Lipinski definition) is 2. The van der Waals surface area contributed by atoms with Crippen LogP contribution in [0.4, 0.5) is 0 Å². The lowest BCUT2D eigenvalue weighted by atomic mass is 10.1. The molecule has 0 fully saturated rings. The molecule has 0 saturated carbocycles. The van der Waals surface area contributed by atoms with Gasteiger partial charge in [0.1, 0.15) is 16.3 Å². The first-order valence-corrected chi connectivity index (χ1v) is 6.57. The zero-order valence-electron chi connectivity index (χ0n) is 10.3. The van der Waals surface area contributed by atoms with E-state index < -0.39 is 17.9 Å². The molecule has 0 radical (unpaired) electrons. The molecule has 1 amide bonds. The van der Waals surface area contributed by atoms with Crippen molar-refractivity contribution < 1.29 is 14.7 Å². The number of aromatic nitrogens is 1. The van der Waals surface area contributed by atoms with Crippen LogP contribution in [-0.4, -0.2) is 28.0 Å². The Hall–Kier alpha value is -1.33. The van der Waals surface area contributed by atoms with Gasteiger partial charge in [-0.2, -0.15) is 0 Å². The fourth-order valence-electron chi connectivity index (χ4n) is 1.48. The average molecular weight is 305 g/mol. The number of carboxylic acid groups (broad SMARTS) is 1. The van der Waals surface area contributed by atoms with Crippen molar-refractivity contribution in [3.63, 3.8) is 0 Å². The largest absolute Gasteiger partial charge is 0.480 e. The van der Waals surface area contributed by atoms with E-state index >= 15 is 0 Å². The van der Waals surface area contributed by atoms with Gasteiger partial charge in [-0.05, 0) is 18.6 Å². The minimum atomic E-state index is -1.07. The van der Waals surface area contributed by atoms with Crippen molar-refractivity contribution in [3.8, 4) is 0 Å². The zero-order valence-corrected chi connectivity index (χ0v) is 11.8. The summed E-state index contributed by atoms with van der Waals surface area (Å²) >= 11 is 11.4. The number of carboxylic acids is 1. The summed E-state index contributed by atoms with van der Waals surface area (Å²) in [5.74, 6) is -1.64. The SMILES string of the molecule is CCCC[C@H](NC(=O)c1ccc(Cl)nc1Cl)C(=O)O. The molecule has 1 aromatic rings. The van der Waals surface area contributed by atoms with Gasteiger partial charge in [-0.25, -0.2) is 9.78 Å². The number of carbonyl (C=O) groups is 2. The molecule has 0 spiro atoms. The number of nitrogens with one attached hydrogen (secondary N) is 1. The molecule has 104 valence electrons. The van der Waals surface area contributed by atoms with Crippen LogP contribution in [0.1, 0.15) is 36.5 Å². The van der Waals surface area contributed by atoms with E-state index in [9.17, 15) is 9.59 Å². The molecule has 0 aliphatic rings. The summed E-state index contributed by atoms with van der Waals surface area (Å²) in [5.41, 5.74) is 0.105. The van der Waals surface area contributed by atoms with Crippen LogP contribution in [0.2, 0.25) is 10.3 Å². The van der Waals surface area contributed by atoms with Crippen LogP contribution in [0, 0.1) is 0 Å². The zero-order chi connectivity index (χ0) is 14.4. The van der Waals surface area contributed by atoms with Gasteiger partial charge in [-0.3, -0.25) is 4.79 Å². The Balaban J connectivity index is 2.78. The van der Waals surface area contributed by atoms with E-state index in [0.717, 1.165) is 6.42 Å². The van der Waals surface area contributed by atoms with Crippen LogP contribution < -0.4 is 5.32 Å². The predicted molar refractivity (Wildman–Crippen MR) is 72.7 cm³/mol. The van der Waals surface area contributed by atoms with Crippen LogP contribution >= 0.6 is 23.2 Å². The molecule has 5 nitrogen and oxygen atoms in total. The minimum Gasteiger partial charge on any atom is -0.480 e. The van der Waals surface area contributed by atoms with Gasteiger partial charge >= 0.3 is 5.97 Å². The standard InChI is InChI=1S/C12H14Cl2N2O3/c1-2-3-4-8(12(18)19)15-11(17)7-5-6-9(13)16-10(7)14/h5-6,8H,2-4H2,1H3,(H,15,17)(H,18,19)/t8-/m0/s1. The van der Waals surface area contributed by atoms with Crippen LogP contribution in [0.5, 0.6) is 0 Å². The Kier molecular flexibility index (Phi) is 6.05. The topological polar surface area (TPSA) is 79.3 Å². The predicted octanol–water partition coefficient (Wildman–Crippen LogP) is 2.76. The lowest BCUT2D eigenvalue weighted by Gasteiger charge is -2.14. The van der Waals surface area contributed by atoms with Gasteiger partial charge in [0.2, 0.25) is 0 Å². The van der Waals surface area contributed by atoms with E-state index in [1.54, 1.807) is 0 Å². The Morgan fingerprint density at radius 3 is 2.63 bits per heavy atom. The van der Waals surface area contributed by atoms with Crippen molar-refractivity contribution in [3.05, 3.63) is 28.0 Å². The third-order valence-corrected chi connectivity index (χ3v) is 3.01. The first-order valence-electron chi connectivity index (χ1n) is 5.81. The van der Waals surface area contributed by atoms with Crippen LogP contribution in [0.15, 0.2) is 12.1 Å². The number of halogens is 2. The molecule has 2 N–H and O–H groups in total. The number of pyridine rings is 1. The van der Waals surface area contributed by atoms with Gasteiger partial charge in [0, 0.05) is 0 Å². The molecule has 0 bridgehead atoms. The first-order chi connectivity index (χ1) is 8.95. The molecule has 0 aliphatic carbocycles. The Bertz CT molecular complexity index is 480. The second-order valence-electron chi connectivity index (χ2n) is 3.98. The van der Waals surface area contributed by atoms with Gasteiger partial charge in [0.25, 0.3) is 5.91 Å². The van der Waals surface area contributed by atoms with E-state index in [2.05, 4.69) is 10.3 Å². The molecule has 1 aromatic heterocycles. The second kappa shape index (κ2) is 7.31. The molecule has 0 aromatic carbocycles. The van der Waals surface area contributed by atoms with Crippen LogP contribution in [0.3, 0.4) is 0 Å². The summed E-state index contributed by atoms with van der Waals surface area (Å²) < 4.78 is 0. The molecular formula is C12H14Cl2N2O3. The van der Waals surface area contributed by atoms with Gasteiger partial charge in [-0.1, -0.05) is 43.0 Å². The van der Waals surface area contributed by atoms with E-state index in [4.69, 9.17) is 28.3 Å². The highest BCUT2D eigenvalue weighted by molar-refractivity contribution is 6.34. The van der Waals surface area contributed by atoms with E-state index in [1.165, 1.54) is 12.1 Å². The summed E-state index contributed by atoms with van der Waals surface area (Å²) in [7, 11) is 0. The smallest absolute Gasteiger partial charge is 0.326 e. The quantitative estimate of drug-likeness (QED) is 0.792. The number of unbranched alkanes of at least 4 members (excludes halogenated alkanes) is 1. The van der Waals surface area contributed by atoms with Crippen molar-refractivity contribution >= 4 is 35.1 Å². The normalized spacial score (nSPS) is 11.9. The van der Waals surface area contributed by atoms with Crippen molar-refractivity contribution in [2.45, 2.75) is 32.2 Å². The molecule has 0 aliphatic heterocycles. The van der Waals surface area contributed by atoms with E-state index in [1.807, 2.05) is 6.92 Å². The molecule has 0 saturated heterocycles. The van der Waals surface area contributed by atoms with Crippen molar-refractivity contribution in [2.24, 2.45) is 0 Å². The number of hydrogen-bond acceptors (Lipinski definition) is 3. The van der Waals surface area contributed by atoms with Gasteiger partial charge in [0.15, 0.2) is 0 Å². The van der Waals surface area contributed by atoms with Gasteiger partial charge in [0.05, 0.1) is 5.56 Å². The van der Waals surface area contributed by atoms with Crippen LogP contribution in [0.25, 0.3) is 0 Å². The minimum absolute atomic E-state index is 0.0513. The summed E-state index contributed by atoms with van der Waals surface area (Å²) in [6.07, 6.45) is 1.93. The summed E-state index contributed by atoms with van der Waals surface area (Å²) in [6.45, 7) is 1.95. The maximum Gasteiger partial charge on any atom is 0.326 e. The Morgan fingerprint density at radius 1 is 1.42 bits per heavy atom. The highest BCUT2D eigenvalue weighted by Crippen LogP contribution is 2.16. The van der Waals surface area contributed by atoms with Crippen molar-refractivity contribution in [2.75, 3.05) is 0 Å². The highest BCUT2D eigenvalue weighted by Gasteiger charge is 2.21. The van der Waals surface area contributed by atoms with Crippen molar-refractivity contribution in [1.29, 1.82) is 0 Å². The molecule has 0 unspecified atom stereocenters. The monoisotopic (exact) mass is 304 g/mol. The van der Waals surface area contributed by atoms with Gasteiger partial charge in [-0.15, -0.1) is 0 Å². The molecular weight excluding hydrogens is 291 g/mol. The van der Waals surface area contributed by atoms with Gasteiger partial charge < -0.3 is 10.4 Å². The lowest BCUT2D eigenvalue weighted by Crippen LogP contribution is -2.40. The molecule has 7 heteroatoms. The van der Waals surface area contributed by atoms with Crippen molar-refractivity contribution in [1.82, 2.24) is 10.3 Å². The number of aliphatic carboxylic acids is 1. The first kappa shape index (κ1) is 15.7. The Labute approximate surface area is 120 Å². The molecule has 19 heavy (non-hydrogen) atoms. The third kappa shape index (κ3) is 4.69. The fraction of sp³-hybridized carbons (Fsp3) is 0.417. The maximum absolute atomic E-state index is 11.9. The molecule has 1 heterocycles. The molecule has 1 atom stereocenters. The van der Waals surface area contributed by atoms with E-state index in [-0.39, 0.29) is 15.9 Å². The Morgan fingerprint density at radius 2 is 2.11 bits per heavy atom. The third-order valence-electron chi connectivity index (χ3n) is 2.51. The number of rotatable bonds is 6. The molecule has 1 rings (SSSR count). The second-order valence-corrected chi connectivity index (χ2v) is 4.72. The summed E-state index contributed by atoms with van der Waals surface area (Å²) in [6, 6.07) is 1.90. The summed E-state index contributed by atoms with van der Waals surface area (Å²) in [4.78, 5) is 26.7. The average Bonchev–Trinajstić information content (AvgIpc) is 2.33. The maximum atomic E-state index is 11.9. The van der Waals surface area contributed by atoms with E-state index in [0.29, 0.717) is 12.8 Å². The number of carbonyl (C=O) groups excluding carboxylic acids is 1. The fourth-order valence-corrected chi connectivity index (χ4v) is 1.91. The summed E-state index contributed by atoms with van der Waals surface area (Å²) in [5, 5.41) is 11.6. The highest BCUT2D eigenvalue weighted by atomic mass is 35.5.